The van der Waals surface area contributed by atoms with E-state index < -0.39 is 0 Å². The van der Waals surface area contributed by atoms with E-state index in [1.165, 1.54) is 24.0 Å². The van der Waals surface area contributed by atoms with Crippen molar-refractivity contribution in [3.63, 3.8) is 0 Å². The van der Waals surface area contributed by atoms with Gasteiger partial charge in [0.1, 0.15) is 0 Å². The Morgan fingerprint density at radius 3 is 2.46 bits per heavy atom. The molecule has 146 valence electrons. The van der Waals surface area contributed by atoms with Crippen LogP contribution in [0.5, 0.6) is 0 Å². The first-order chi connectivity index (χ1) is 13.7. The lowest BCUT2D eigenvalue weighted by Crippen LogP contribution is -2.38. The third kappa shape index (κ3) is 4.42. The summed E-state index contributed by atoms with van der Waals surface area (Å²) in [4.78, 5) is 2.51. The molecule has 0 unspecified atom stereocenters. The lowest BCUT2D eigenvalue weighted by Gasteiger charge is -2.36. The highest BCUT2D eigenvalue weighted by Gasteiger charge is 2.30. The summed E-state index contributed by atoms with van der Waals surface area (Å²) in [5, 5.41) is 13.5. The Morgan fingerprint density at radius 1 is 1.04 bits per heavy atom. The molecule has 1 aliphatic heterocycles. The average Bonchev–Trinajstić information content (AvgIpc) is 3.18. The lowest BCUT2D eigenvalue weighted by atomic mass is 9.95. The van der Waals surface area contributed by atoms with Crippen molar-refractivity contribution in [3.05, 3.63) is 76.6 Å². The molecule has 2 heterocycles. The molecule has 0 spiro atoms. The van der Waals surface area contributed by atoms with E-state index >= 15 is 0 Å². The summed E-state index contributed by atoms with van der Waals surface area (Å²) in [6.45, 7) is 5.21. The van der Waals surface area contributed by atoms with Crippen molar-refractivity contribution < 1.29 is 0 Å². The van der Waals surface area contributed by atoms with Gasteiger partial charge in [-0.25, -0.2) is 4.68 Å². The number of tetrazole rings is 1. The summed E-state index contributed by atoms with van der Waals surface area (Å²) in [6.07, 6.45) is 3.31. The van der Waals surface area contributed by atoms with E-state index in [0.29, 0.717) is 0 Å². The molecule has 1 aromatic heterocycles. The van der Waals surface area contributed by atoms with E-state index in [1.54, 1.807) is 0 Å². The van der Waals surface area contributed by atoms with Crippen LogP contribution in [-0.4, -0.2) is 38.2 Å². The van der Waals surface area contributed by atoms with E-state index in [-0.39, 0.29) is 6.04 Å². The van der Waals surface area contributed by atoms with Crippen molar-refractivity contribution in [1.82, 2.24) is 25.1 Å². The van der Waals surface area contributed by atoms with Crippen LogP contribution in [0.25, 0.3) is 0 Å². The van der Waals surface area contributed by atoms with Crippen LogP contribution in [0, 0.1) is 5.92 Å². The molecule has 28 heavy (non-hydrogen) atoms. The third-order valence-electron chi connectivity index (χ3n) is 5.63. The number of hydrogen-bond donors (Lipinski definition) is 0. The van der Waals surface area contributed by atoms with E-state index in [2.05, 4.69) is 63.7 Å². The van der Waals surface area contributed by atoms with Crippen molar-refractivity contribution in [2.45, 2.75) is 38.8 Å². The molecule has 3 aromatic rings. The van der Waals surface area contributed by atoms with Crippen LogP contribution >= 0.6 is 11.6 Å². The number of hydrogen-bond acceptors (Lipinski definition) is 4. The number of likely N-dealkylation sites (tertiary alicyclic amines) is 1. The molecule has 0 N–H and O–H groups in total. The standard InChI is InChI=1S/C22H26ClN5/c1-17-11-14-27(15-12-17)21(19-7-9-20(23)10-8-19)22-24-25-26-28(22)16-13-18-5-3-2-4-6-18/h2-10,17,21H,11-16H2,1H3/t21-/m0/s1. The maximum Gasteiger partial charge on any atom is 0.173 e. The van der Waals surface area contributed by atoms with Gasteiger partial charge in [0, 0.05) is 11.6 Å². The second-order valence-electron chi connectivity index (χ2n) is 7.67. The predicted molar refractivity (Wildman–Crippen MR) is 111 cm³/mol. The first-order valence-electron chi connectivity index (χ1n) is 10.00. The Morgan fingerprint density at radius 2 is 1.75 bits per heavy atom. The minimum Gasteiger partial charge on any atom is -0.290 e. The van der Waals surface area contributed by atoms with Crippen LogP contribution in [0.3, 0.4) is 0 Å². The van der Waals surface area contributed by atoms with Crippen molar-refractivity contribution in [3.8, 4) is 0 Å². The molecule has 1 aliphatic rings. The molecule has 0 bridgehead atoms. The van der Waals surface area contributed by atoms with Crippen LogP contribution in [-0.2, 0) is 13.0 Å². The Kier molecular flexibility index (Phi) is 6.03. The van der Waals surface area contributed by atoms with Gasteiger partial charge < -0.3 is 0 Å². The van der Waals surface area contributed by atoms with Crippen LogP contribution < -0.4 is 0 Å². The highest BCUT2D eigenvalue weighted by atomic mass is 35.5. The molecule has 2 aromatic carbocycles. The summed E-state index contributed by atoms with van der Waals surface area (Å²) < 4.78 is 1.96. The third-order valence-corrected chi connectivity index (χ3v) is 5.88. The molecular formula is C22H26ClN5. The highest BCUT2D eigenvalue weighted by Crippen LogP contribution is 2.31. The summed E-state index contributed by atoms with van der Waals surface area (Å²) in [6, 6.07) is 18.6. The second kappa shape index (κ2) is 8.84. The number of nitrogens with zero attached hydrogens (tertiary/aromatic N) is 5. The van der Waals surface area contributed by atoms with Crippen LogP contribution in [0.4, 0.5) is 0 Å². The summed E-state index contributed by atoms with van der Waals surface area (Å²) in [5.41, 5.74) is 2.48. The van der Waals surface area contributed by atoms with Gasteiger partial charge in [-0.05, 0) is 72.0 Å². The molecule has 0 saturated carbocycles. The fraction of sp³-hybridized carbons (Fsp3) is 0.409. The van der Waals surface area contributed by atoms with Crippen LogP contribution in [0.15, 0.2) is 54.6 Å². The molecule has 0 amide bonds. The maximum atomic E-state index is 6.14. The summed E-state index contributed by atoms with van der Waals surface area (Å²) in [5.74, 6) is 1.68. The minimum absolute atomic E-state index is 0.0514. The molecule has 6 heteroatoms. The first kappa shape index (κ1) is 19.1. The number of aromatic nitrogens is 4. The largest absolute Gasteiger partial charge is 0.290 e. The number of rotatable bonds is 6. The summed E-state index contributed by atoms with van der Waals surface area (Å²) >= 11 is 6.14. The van der Waals surface area contributed by atoms with Gasteiger partial charge in [0.2, 0.25) is 0 Å². The molecule has 0 radical (unpaired) electrons. The van der Waals surface area contributed by atoms with Crippen molar-refractivity contribution in [2.24, 2.45) is 5.92 Å². The lowest BCUT2D eigenvalue weighted by molar-refractivity contribution is 0.150. The fourth-order valence-corrected chi connectivity index (χ4v) is 4.03. The topological polar surface area (TPSA) is 46.8 Å². The van der Waals surface area contributed by atoms with Gasteiger partial charge in [0.25, 0.3) is 0 Å². The molecule has 5 nitrogen and oxygen atoms in total. The molecule has 0 aliphatic carbocycles. The molecule has 4 rings (SSSR count). The van der Waals surface area contributed by atoms with E-state index in [0.717, 1.165) is 42.8 Å². The van der Waals surface area contributed by atoms with Gasteiger partial charge in [0.15, 0.2) is 5.82 Å². The highest BCUT2D eigenvalue weighted by molar-refractivity contribution is 6.30. The average molecular weight is 396 g/mol. The quantitative estimate of drug-likeness (QED) is 0.621. The molecule has 1 atom stereocenters. The normalized spacial score (nSPS) is 16.9. The smallest absolute Gasteiger partial charge is 0.173 e. The van der Waals surface area contributed by atoms with E-state index in [9.17, 15) is 0 Å². The number of halogens is 1. The second-order valence-corrected chi connectivity index (χ2v) is 8.10. The van der Waals surface area contributed by atoms with Crippen molar-refractivity contribution >= 4 is 11.6 Å². The number of aryl methyl sites for hydroxylation is 2. The Balaban J connectivity index is 1.61. The number of benzene rings is 2. The molecular weight excluding hydrogens is 370 g/mol. The zero-order valence-corrected chi connectivity index (χ0v) is 17.0. The van der Waals surface area contributed by atoms with Gasteiger partial charge in [-0.1, -0.05) is 61.0 Å². The minimum atomic E-state index is 0.0514. The Bertz CT molecular complexity index is 869. The monoisotopic (exact) mass is 395 g/mol. The maximum absolute atomic E-state index is 6.14. The van der Waals surface area contributed by atoms with Gasteiger partial charge in [-0.15, -0.1) is 5.10 Å². The SMILES string of the molecule is CC1CCN([C@@H](c2ccc(Cl)cc2)c2nnnn2CCc2ccccc2)CC1. The zero-order valence-electron chi connectivity index (χ0n) is 16.2. The zero-order chi connectivity index (χ0) is 19.3. The van der Waals surface area contributed by atoms with Gasteiger partial charge >= 0.3 is 0 Å². The van der Waals surface area contributed by atoms with Crippen molar-refractivity contribution in [1.29, 1.82) is 0 Å². The van der Waals surface area contributed by atoms with Gasteiger partial charge in [-0.2, -0.15) is 0 Å². The Labute approximate surface area is 171 Å². The van der Waals surface area contributed by atoms with Crippen molar-refractivity contribution in [2.75, 3.05) is 13.1 Å². The summed E-state index contributed by atoms with van der Waals surface area (Å²) in [7, 11) is 0. The fourth-order valence-electron chi connectivity index (χ4n) is 3.90. The van der Waals surface area contributed by atoms with E-state index in [1.807, 2.05) is 22.9 Å². The molecule has 1 saturated heterocycles. The first-order valence-corrected chi connectivity index (χ1v) is 10.4. The van der Waals surface area contributed by atoms with Crippen LogP contribution in [0.2, 0.25) is 5.02 Å². The predicted octanol–water partition coefficient (Wildman–Crippen LogP) is 4.39. The van der Waals surface area contributed by atoms with E-state index in [4.69, 9.17) is 11.6 Å². The number of piperidine rings is 1. The van der Waals surface area contributed by atoms with Gasteiger partial charge in [-0.3, -0.25) is 4.90 Å². The van der Waals surface area contributed by atoms with Gasteiger partial charge in [0.05, 0.1) is 6.04 Å². The Hall–Kier alpha value is -2.24. The molecule has 1 fully saturated rings. The van der Waals surface area contributed by atoms with Crippen LogP contribution in [0.1, 0.15) is 42.8 Å².